The van der Waals surface area contributed by atoms with E-state index in [0.29, 0.717) is 6.10 Å². The molecule has 6 heteroatoms. The maximum atomic E-state index is 6.05. The van der Waals surface area contributed by atoms with Gasteiger partial charge in [-0.1, -0.05) is 24.1 Å². The first kappa shape index (κ1) is 20.4. The van der Waals surface area contributed by atoms with Crippen LogP contribution in [0.1, 0.15) is 48.9 Å². The number of rotatable bonds is 5. The summed E-state index contributed by atoms with van der Waals surface area (Å²) in [5.74, 6) is 1.52. The zero-order chi connectivity index (χ0) is 21.0. The molecule has 0 atom stereocenters. The van der Waals surface area contributed by atoms with Gasteiger partial charge in [0.25, 0.3) is 0 Å². The molecule has 3 aromatic rings. The molecule has 1 aromatic carbocycles. The van der Waals surface area contributed by atoms with Gasteiger partial charge < -0.3 is 4.74 Å². The summed E-state index contributed by atoms with van der Waals surface area (Å²) in [6.45, 7) is 2.70. The Morgan fingerprint density at radius 1 is 0.968 bits per heavy atom. The number of hydrogen-bond acceptors (Lipinski definition) is 5. The molecular weight excluding hydrogens is 408 g/mol. The zero-order valence-corrected chi connectivity index (χ0v) is 18.4. The number of benzene rings is 1. The monoisotopic (exact) mass is 434 g/mol. The van der Waals surface area contributed by atoms with E-state index in [1.165, 1.54) is 30.4 Å². The summed E-state index contributed by atoms with van der Waals surface area (Å²) in [7, 11) is 0. The molecule has 1 aliphatic heterocycles. The fourth-order valence-corrected chi connectivity index (χ4v) is 4.56. The van der Waals surface area contributed by atoms with Crippen LogP contribution in [-0.2, 0) is 19.5 Å². The maximum Gasteiger partial charge on any atom is 0.213 e. The fourth-order valence-electron chi connectivity index (χ4n) is 4.43. The Labute approximate surface area is 188 Å². The summed E-state index contributed by atoms with van der Waals surface area (Å²) < 4.78 is 6.05. The van der Waals surface area contributed by atoms with Gasteiger partial charge in [0.1, 0.15) is 6.10 Å². The van der Waals surface area contributed by atoms with Crippen molar-refractivity contribution >= 4 is 11.6 Å². The molecule has 3 heterocycles. The molecule has 1 saturated carbocycles. The average molecular weight is 435 g/mol. The summed E-state index contributed by atoms with van der Waals surface area (Å²) in [6, 6.07) is 11.8. The SMILES string of the molecule is Clc1ccc(-c2ncc3c(n2)CCN(Cc2ccc(OC4CCCCC4)nc2)C3)cc1. The Bertz CT molecular complexity index is 1020. The standard InChI is InChI=1S/C25H27ClN4O/c26-21-9-7-19(8-10-21)25-28-15-20-17-30(13-12-23(20)29-25)16-18-6-11-24(27-14-18)31-22-4-2-1-3-5-22/h6-11,14-15,22H,1-5,12-13,16-17H2. The normalized spacial score (nSPS) is 17.3. The molecule has 1 fully saturated rings. The molecule has 1 aliphatic carbocycles. The summed E-state index contributed by atoms with van der Waals surface area (Å²) >= 11 is 5.99. The summed E-state index contributed by atoms with van der Waals surface area (Å²) in [6.07, 6.45) is 11.4. The molecule has 0 radical (unpaired) electrons. The molecule has 0 spiro atoms. The topological polar surface area (TPSA) is 51.1 Å². The van der Waals surface area contributed by atoms with Gasteiger partial charge in [0.15, 0.2) is 5.82 Å². The Kier molecular flexibility index (Phi) is 6.14. The maximum absolute atomic E-state index is 6.05. The van der Waals surface area contributed by atoms with Crippen LogP contribution >= 0.6 is 11.6 Å². The van der Waals surface area contributed by atoms with Gasteiger partial charge in [-0.15, -0.1) is 0 Å². The van der Waals surface area contributed by atoms with Gasteiger partial charge in [-0.05, 0) is 55.5 Å². The van der Waals surface area contributed by atoms with E-state index < -0.39 is 0 Å². The molecule has 2 aliphatic rings. The molecule has 0 saturated heterocycles. The number of fused-ring (bicyclic) bond motifs is 1. The average Bonchev–Trinajstić information content (AvgIpc) is 2.81. The number of nitrogens with zero attached hydrogens (tertiary/aromatic N) is 4. The quantitative estimate of drug-likeness (QED) is 0.533. The van der Waals surface area contributed by atoms with E-state index in [1.807, 2.05) is 42.7 Å². The van der Waals surface area contributed by atoms with Crippen molar-refractivity contribution in [1.29, 1.82) is 0 Å². The van der Waals surface area contributed by atoms with Gasteiger partial charge in [-0.25, -0.2) is 15.0 Å². The minimum Gasteiger partial charge on any atom is -0.474 e. The smallest absolute Gasteiger partial charge is 0.213 e. The summed E-state index contributed by atoms with van der Waals surface area (Å²) in [5, 5.41) is 0.723. The van der Waals surface area contributed by atoms with Gasteiger partial charge in [0.2, 0.25) is 5.88 Å². The van der Waals surface area contributed by atoms with Crippen LogP contribution in [0.3, 0.4) is 0 Å². The summed E-state index contributed by atoms with van der Waals surface area (Å²) in [4.78, 5) is 16.4. The highest BCUT2D eigenvalue weighted by Crippen LogP contribution is 2.25. The van der Waals surface area contributed by atoms with E-state index in [2.05, 4.69) is 20.9 Å². The van der Waals surface area contributed by atoms with E-state index in [1.54, 1.807) is 0 Å². The molecular formula is C25H27ClN4O. The van der Waals surface area contributed by atoms with Gasteiger partial charge >= 0.3 is 0 Å². The third kappa shape index (κ3) is 5.05. The Morgan fingerprint density at radius 2 is 1.81 bits per heavy atom. The highest BCUT2D eigenvalue weighted by Gasteiger charge is 2.20. The number of aromatic nitrogens is 3. The lowest BCUT2D eigenvalue weighted by atomic mass is 9.98. The van der Waals surface area contributed by atoms with E-state index in [4.69, 9.17) is 21.3 Å². The van der Waals surface area contributed by atoms with Gasteiger partial charge in [-0.3, -0.25) is 4.90 Å². The first-order valence-corrected chi connectivity index (χ1v) is 11.6. The number of pyridine rings is 1. The van der Waals surface area contributed by atoms with Crippen molar-refractivity contribution in [1.82, 2.24) is 19.9 Å². The fraction of sp³-hybridized carbons (Fsp3) is 0.400. The van der Waals surface area contributed by atoms with Crippen LogP contribution in [-0.4, -0.2) is 32.5 Å². The van der Waals surface area contributed by atoms with Gasteiger partial charge in [-0.2, -0.15) is 0 Å². The van der Waals surface area contributed by atoms with Crippen LogP contribution < -0.4 is 4.74 Å². The highest BCUT2D eigenvalue weighted by molar-refractivity contribution is 6.30. The lowest BCUT2D eigenvalue weighted by Gasteiger charge is -2.28. The van der Waals surface area contributed by atoms with Crippen LogP contribution in [0.25, 0.3) is 11.4 Å². The van der Waals surface area contributed by atoms with E-state index >= 15 is 0 Å². The van der Waals surface area contributed by atoms with Crippen molar-refractivity contribution in [2.24, 2.45) is 0 Å². The number of halogens is 1. The van der Waals surface area contributed by atoms with Crippen LogP contribution in [0.4, 0.5) is 0 Å². The van der Waals surface area contributed by atoms with Crippen molar-refractivity contribution < 1.29 is 4.74 Å². The Balaban J connectivity index is 1.20. The summed E-state index contributed by atoms with van der Waals surface area (Å²) in [5.41, 5.74) is 4.55. The zero-order valence-electron chi connectivity index (χ0n) is 17.6. The second-order valence-corrected chi connectivity index (χ2v) is 8.95. The van der Waals surface area contributed by atoms with E-state index in [9.17, 15) is 0 Å². The van der Waals surface area contributed by atoms with Crippen molar-refractivity contribution in [3.63, 3.8) is 0 Å². The molecule has 0 N–H and O–H groups in total. The lowest BCUT2D eigenvalue weighted by Crippen LogP contribution is -2.31. The largest absolute Gasteiger partial charge is 0.474 e. The highest BCUT2D eigenvalue weighted by atomic mass is 35.5. The predicted molar refractivity (Wildman–Crippen MR) is 122 cm³/mol. The van der Waals surface area contributed by atoms with Crippen LogP contribution in [0.2, 0.25) is 5.02 Å². The minimum absolute atomic E-state index is 0.337. The van der Waals surface area contributed by atoms with Gasteiger partial charge in [0.05, 0.1) is 5.69 Å². The van der Waals surface area contributed by atoms with Crippen molar-refractivity contribution in [3.05, 3.63) is 70.6 Å². The Hall–Kier alpha value is -2.50. The molecule has 160 valence electrons. The Morgan fingerprint density at radius 3 is 2.58 bits per heavy atom. The molecule has 0 amide bonds. The van der Waals surface area contributed by atoms with E-state index in [-0.39, 0.29) is 0 Å². The van der Waals surface area contributed by atoms with Crippen LogP contribution in [0.5, 0.6) is 5.88 Å². The second kappa shape index (κ2) is 9.33. The van der Waals surface area contributed by atoms with Crippen molar-refractivity contribution in [2.75, 3.05) is 6.54 Å². The molecule has 5 nitrogen and oxygen atoms in total. The molecule has 5 rings (SSSR count). The molecule has 0 unspecified atom stereocenters. The number of ether oxygens (including phenoxy) is 1. The van der Waals surface area contributed by atoms with Gasteiger partial charge in [0, 0.05) is 60.7 Å². The molecule has 2 aromatic heterocycles. The first-order chi connectivity index (χ1) is 15.2. The van der Waals surface area contributed by atoms with Crippen LogP contribution in [0, 0.1) is 0 Å². The lowest BCUT2D eigenvalue weighted by molar-refractivity contribution is 0.148. The second-order valence-electron chi connectivity index (χ2n) is 8.52. The third-order valence-corrected chi connectivity index (χ3v) is 6.41. The predicted octanol–water partition coefficient (Wildman–Crippen LogP) is 5.46. The van der Waals surface area contributed by atoms with E-state index in [0.717, 1.165) is 66.9 Å². The van der Waals surface area contributed by atoms with Crippen molar-refractivity contribution in [3.8, 4) is 17.3 Å². The first-order valence-electron chi connectivity index (χ1n) is 11.2. The third-order valence-electron chi connectivity index (χ3n) is 6.16. The molecule has 31 heavy (non-hydrogen) atoms. The van der Waals surface area contributed by atoms with Crippen molar-refractivity contribution in [2.45, 2.75) is 57.7 Å². The minimum atomic E-state index is 0.337. The molecule has 0 bridgehead atoms. The number of hydrogen-bond donors (Lipinski definition) is 0. The van der Waals surface area contributed by atoms with Crippen LogP contribution in [0.15, 0.2) is 48.8 Å².